The minimum Gasteiger partial charge on any atom is -0.368 e. The van der Waals surface area contributed by atoms with Gasteiger partial charge in [-0.2, -0.15) is 4.98 Å². The van der Waals surface area contributed by atoms with E-state index in [4.69, 9.17) is 0 Å². The minimum absolute atomic E-state index is 0.0298. The second-order valence-corrected chi connectivity index (χ2v) is 3.21. The molecular weight excluding hydrogens is 206 g/mol. The van der Waals surface area contributed by atoms with E-state index in [-0.39, 0.29) is 5.91 Å². The summed E-state index contributed by atoms with van der Waals surface area (Å²) < 4.78 is 0. The second-order valence-electron chi connectivity index (χ2n) is 3.21. The molecular formula is C10H17N5O. The number of anilines is 2. The van der Waals surface area contributed by atoms with Gasteiger partial charge in [0.05, 0.1) is 0 Å². The van der Waals surface area contributed by atoms with Crippen molar-refractivity contribution in [2.45, 2.75) is 13.8 Å². The van der Waals surface area contributed by atoms with E-state index in [0.29, 0.717) is 19.0 Å². The lowest BCUT2D eigenvalue weighted by Gasteiger charge is -2.07. The van der Waals surface area contributed by atoms with Gasteiger partial charge in [-0.25, -0.2) is 4.98 Å². The Hall–Kier alpha value is -1.85. The van der Waals surface area contributed by atoms with Gasteiger partial charge in [0, 0.05) is 32.8 Å². The molecule has 0 bridgehead atoms. The fourth-order valence-corrected chi connectivity index (χ4v) is 1.13. The highest BCUT2D eigenvalue weighted by Gasteiger charge is 1.97. The Morgan fingerprint density at radius 1 is 1.38 bits per heavy atom. The first kappa shape index (κ1) is 12.2. The summed E-state index contributed by atoms with van der Waals surface area (Å²) in [5.41, 5.74) is 0. The van der Waals surface area contributed by atoms with Crippen molar-refractivity contribution in [3.8, 4) is 0 Å². The van der Waals surface area contributed by atoms with Crippen LogP contribution < -0.4 is 16.0 Å². The average Bonchev–Trinajstić information content (AvgIpc) is 2.25. The van der Waals surface area contributed by atoms with Crippen LogP contribution in [0.2, 0.25) is 0 Å². The SMILES string of the molecule is CCNc1nccc(NCCNC(C)=O)n1. The van der Waals surface area contributed by atoms with Crippen LogP contribution in [0.4, 0.5) is 11.8 Å². The predicted octanol–water partition coefficient (Wildman–Crippen LogP) is 0.456. The molecule has 0 radical (unpaired) electrons. The first-order valence-corrected chi connectivity index (χ1v) is 5.27. The number of aromatic nitrogens is 2. The number of hydrogen-bond donors (Lipinski definition) is 3. The van der Waals surface area contributed by atoms with Crippen molar-refractivity contribution >= 4 is 17.7 Å². The van der Waals surface area contributed by atoms with Crippen molar-refractivity contribution < 1.29 is 4.79 Å². The van der Waals surface area contributed by atoms with Crippen LogP contribution in [0.15, 0.2) is 12.3 Å². The number of carbonyl (C=O) groups excluding carboxylic acids is 1. The number of nitrogens with zero attached hydrogens (tertiary/aromatic N) is 2. The van der Waals surface area contributed by atoms with Crippen LogP contribution in [0, 0.1) is 0 Å². The zero-order chi connectivity index (χ0) is 11.8. The maximum atomic E-state index is 10.6. The third kappa shape index (κ3) is 4.59. The summed E-state index contributed by atoms with van der Waals surface area (Å²) in [5, 5.41) is 8.81. The van der Waals surface area contributed by atoms with E-state index in [9.17, 15) is 4.79 Å². The van der Waals surface area contributed by atoms with Gasteiger partial charge in [0.2, 0.25) is 11.9 Å². The van der Waals surface area contributed by atoms with E-state index in [0.717, 1.165) is 12.4 Å². The van der Waals surface area contributed by atoms with Crippen molar-refractivity contribution in [1.29, 1.82) is 0 Å². The van der Waals surface area contributed by atoms with Crippen LogP contribution in [-0.2, 0) is 4.79 Å². The summed E-state index contributed by atoms with van der Waals surface area (Å²) in [7, 11) is 0. The second kappa shape index (κ2) is 6.60. The molecule has 0 aromatic carbocycles. The number of hydrogen-bond acceptors (Lipinski definition) is 5. The smallest absolute Gasteiger partial charge is 0.224 e. The van der Waals surface area contributed by atoms with Gasteiger partial charge in [-0.05, 0) is 13.0 Å². The number of amides is 1. The largest absolute Gasteiger partial charge is 0.368 e. The van der Waals surface area contributed by atoms with Gasteiger partial charge in [-0.15, -0.1) is 0 Å². The molecule has 6 nitrogen and oxygen atoms in total. The Balaban J connectivity index is 2.35. The fourth-order valence-electron chi connectivity index (χ4n) is 1.13. The Morgan fingerprint density at radius 2 is 2.19 bits per heavy atom. The molecule has 0 aliphatic carbocycles. The highest BCUT2D eigenvalue weighted by Crippen LogP contribution is 2.04. The van der Waals surface area contributed by atoms with E-state index >= 15 is 0 Å². The first-order chi connectivity index (χ1) is 7.72. The topological polar surface area (TPSA) is 78.9 Å². The van der Waals surface area contributed by atoms with Crippen LogP contribution in [0.5, 0.6) is 0 Å². The standard InChI is InChI=1S/C10H17N5O/c1-3-11-10-14-5-4-9(15-10)13-7-6-12-8(2)16/h4-5H,3,6-7H2,1-2H3,(H,12,16)(H2,11,13,14,15). The average molecular weight is 223 g/mol. The van der Waals surface area contributed by atoms with Gasteiger partial charge >= 0.3 is 0 Å². The molecule has 16 heavy (non-hydrogen) atoms. The molecule has 1 heterocycles. The van der Waals surface area contributed by atoms with Crippen molar-refractivity contribution in [2.24, 2.45) is 0 Å². The molecule has 0 aliphatic rings. The normalized spacial score (nSPS) is 9.62. The molecule has 3 N–H and O–H groups in total. The molecule has 0 spiro atoms. The minimum atomic E-state index is -0.0298. The third-order valence-corrected chi connectivity index (χ3v) is 1.80. The molecule has 0 atom stereocenters. The molecule has 0 unspecified atom stereocenters. The zero-order valence-electron chi connectivity index (χ0n) is 9.58. The molecule has 0 saturated heterocycles. The molecule has 0 saturated carbocycles. The Kier molecular flexibility index (Phi) is 5.04. The van der Waals surface area contributed by atoms with Crippen LogP contribution in [0.25, 0.3) is 0 Å². The highest BCUT2D eigenvalue weighted by atomic mass is 16.1. The van der Waals surface area contributed by atoms with E-state index in [1.807, 2.05) is 6.92 Å². The van der Waals surface area contributed by atoms with Crippen LogP contribution in [-0.4, -0.2) is 35.5 Å². The molecule has 6 heteroatoms. The molecule has 1 rings (SSSR count). The summed E-state index contributed by atoms with van der Waals surface area (Å²) >= 11 is 0. The van der Waals surface area contributed by atoms with Crippen molar-refractivity contribution in [2.75, 3.05) is 30.3 Å². The van der Waals surface area contributed by atoms with E-state index < -0.39 is 0 Å². The van der Waals surface area contributed by atoms with E-state index in [1.54, 1.807) is 12.3 Å². The summed E-state index contributed by atoms with van der Waals surface area (Å²) in [6.07, 6.45) is 1.69. The summed E-state index contributed by atoms with van der Waals surface area (Å²) in [4.78, 5) is 18.9. The quantitative estimate of drug-likeness (QED) is 0.610. The molecule has 1 amide bonds. The number of rotatable bonds is 6. The van der Waals surface area contributed by atoms with E-state index in [1.165, 1.54) is 6.92 Å². The van der Waals surface area contributed by atoms with Gasteiger partial charge in [-0.1, -0.05) is 0 Å². The molecule has 0 fully saturated rings. The van der Waals surface area contributed by atoms with Crippen LogP contribution >= 0.6 is 0 Å². The van der Waals surface area contributed by atoms with Gasteiger partial charge in [0.1, 0.15) is 5.82 Å². The van der Waals surface area contributed by atoms with Crippen LogP contribution in [0.1, 0.15) is 13.8 Å². The lowest BCUT2D eigenvalue weighted by Crippen LogP contribution is -2.26. The van der Waals surface area contributed by atoms with Crippen LogP contribution in [0.3, 0.4) is 0 Å². The van der Waals surface area contributed by atoms with Crippen molar-refractivity contribution in [3.63, 3.8) is 0 Å². The number of nitrogens with one attached hydrogen (secondary N) is 3. The van der Waals surface area contributed by atoms with Gasteiger partial charge in [0.25, 0.3) is 0 Å². The lowest BCUT2D eigenvalue weighted by molar-refractivity contribution is -0.118. The zero-order valence-corrected chi connectivity index (χ0v) is 9.58. The highest BCUT2D eigenvalue weighted by molar-refractivity contribution is 5.72. The first-order valence-electron chi connectivity index (χ1n) is 5.27. The predicted molar refractivity (Wildman–Crippen MR) is 63.4 cm³/mol. The Bertz CT molecular complexity index is 342. The maximum Gasteiger partial charge on any atom is 0.224 e. The van der Waals surface area contributed by atoms with Crippen molar-refractivity contribution in [3.05, 3.63) is 12.3 Å². The monoisotopic (exact) mass is 223 g/mol. The Labute approximate surface area is 94.9 Å². The maximum absolute atomic E-state index is 10.6. The summed E-state index contributed by atoms with van der Waals surface area (Å²) in [5.74, 6) is 1.32. The molecule has 1 aromatic rings. The summed E-state index contributed by atoms with van der Waals surface area (Å²) in [6, 6.07) is 1.79. The number of carbonyl (C=O) groups is 1. The van der Waals surface area contributed by atoms with Gasteiger partial charge < -0.3 is 16.0 Å². The molecule has 88 valence electrons. The summed E-state index contributed by atoms with van der Waals surface area (Å²) in [6.45, 7) is 5.49. The molecule has 0 aliphatic heterocycles. The lowest BCUT2D eigenvalue weighted by atomic mass is 10.5. The third-order valence-electron chi connectivity index (χ3n) is 1.80. The van der Waals surface area contributed by atoms with E-state index in [2.05, 4.69) is 25.9 Å². The molecule has 1 aromatic heterocycles. The van der Waals surface area contributed by atoms with Gasteiger partial charge in [-0.3, -0.25) is 4.79 Å². The Morgan fingerprint density at radius 3 is 2.88 bits per heavy atom. The van der Waals surface area contributed by atoms with Crippen molar-refractivity contribution in [1.82, 2.24) is 15.3 Å². The van der Waals surface area contributed by atoms with Gasteiger partial charge in [0.15, 0.2) is 0 Å². The fraction of sp³-hybridized carbons (Fsp3) is 0.500.